The van der Waals surface area contributed by atoms with Crippen LogP contribution in [0.3, 0.4) is 0 Å². The van der Waals surface area contributed by atoms with E-state index in [2.05, 4.69) is 28.7 Å². The van der Waals surface area contributed by atoms with E-state index in [0.717, 1.165) is 23.3 Å². The molecule has 0 amide bonds. The molecule has 170 valence electrons. The van der Waals surface area contributed by atoms with Crippen molar-refractivity contribution in [2.24, 2.45) is 5.92 Å². The zero-order chi connectivity index (χ0) is 23.4. The molecule has 0 unspecified atom stereocenters. The highest BCUT2D eigenvalue weighted by Crippen LogP contribution is 2.37. The molecule has 3 heterocycles. The third kappa shape index (κ3) is 3.62. The number of aryl methyl sites for hydroxylation is 2. The highest BCUT2D eigenvalue weighted by atomic mass is 32.2. The van der Waals surface area contributed by atoms with Crippen LogP contribution >= 0.6 is 0 Å². The van der Waals surface area contributed by atoms with Gasteiger partial charge in [0.25, 0.3) is 0 Å². The molecule has 9 nitrogen and oxygen atoms in total. The molecular formula is C22H27N5O4S. The maximum absolute atomic E-state index is 12.4. The van der Waals surface area contributed by atoms with E-state index in [9.17, 15) is 13.2 Å². The maximum atomic E-state index is 12.4. The topological polar surface area (TPSA) is 107 Å². The molecule has 10 heteroatoms. The van der Waals surface area contributed by atoms with Crippen molar-refractivity contribution in [1.82, 2.24) is 19.5 Å². The van der Waals surface area contributed by atoms with Gasteiger partial charge in [-0.05, 0) is 37.5 Å². The summed E-state index contributed by atoms with van der Waals surface area (Å²) in [6, 6.07) is 2.94. The van der Waals surface area contributed by atoms with Crippen LogP contribution < -0.4 is 4.90 Å². The van der Waals surface area contributed by atoms with Crippen LogP contribution in [-0.4, -0.2) is 53.8 Å². The summed E-state index contributed by atoms with van der Waals surface area (Å²) in [5.41, 5.74) is 3.19. The number of methoxy groups -OCH3 is 1. The molecule has 0 N–H and O–H groups in total. The number of hydrogen-bond acceptors (Lipinski definition) is 8. The van der Waals surface area contributed by atoms with E-state index in [1.54, 1.807) is 0 Å². The predicted molar refractivity (Wildman–Crippen MR) is 121 cm³/mol. The van der Waals surface area contributed by atoms with Gasteiger partial charge in [-0.3, -0.25) is 0 Å². The van der Waals surface area contributed by atoms with Crippen LogP contribution in [0, 0.1) is 19.8 Å². The van der Waals surface area contributed by atoms with Gasteiger partial charge < -0.3 is 14.2 Å². The zero-order valence-electron chi connectivity index (χ0n) is 19.1. The van der Waals surface area contributed by atoms with Crippen molar-refractivity contribution in [2.45, 2.75) is 45.2 Å². The number of aromatic nitrogens is 4. The van der Waals surface area contributed by atoms with Crippen molar-refractivity contribution in [3.8, 4) is 0 Å². The number of ether oxygens (including phenoxy) is 1. The van der Waals surface area contributed by atoms with Crippen LogP contribution in [0.5, 0.6) is 0 Å². The first kappa shape index (κ1) is 22.2. The lowest BCUT2D eigenvalue weighted by Crippen LogP contribution is -2.42. The van der Waals surface area contributed by atoms with Crippen molar-refractivity contribution < 1.29 is 17.9 Å². The number of carbonyl (C=O) groups excluding carboxylic acids is 1. The number of anilines is 1. The van der Waals surface area contributed by atoms with Gasteiger partial charge in [0.05, 0.1) is 34.6 Å². The first-order valence-electron chi connectivity index (χ1n) is 10.4. The lowest BCUT2D eigenvalue weighted by atomic mass is 10.00. The SMILES string of the molecule is COC(=O)c1cc2nc3n(c2cc1S(C)(=O)=O)CCN(c1ncc(C)c(C)n1)[C@@H]3C(C)C. The monoisotopic (exact) mass is 457 g/mol. The summed E-state index contributed by atoms with van der Waals surface area (Å²) in [7, 11) is -2.42. The van der Waals surface area contributed by atoms with Crippen molar-refractivity contribution in [2.75, 3.05) is 24.8 Å². The summed E-state index contributed by atoms with van der Waals surface area (Å²) in [4.78, 5) is 28.5. The second-order valence-corrected chi connectivity index (χ2v) is 10.5. The van der Waals surface area contributed by atoms with E-state index in [1.807, 2.05) is 24.6 Å². The van der Waals surface area contributed by atoms with E-state index in [1.165, 1.54) is 19.2 Å². The van der Waals surface area contributed by atoms with Gasteiger partial charge in [0.2, 0.25) is 5.95 Å². The average molecular weight is 458 g/mol. The van der Waals surface area contributed by atoms with E-state index in [4.69, 9.17) is 9.72 Å². The Labute approximate surface area is 187 Å². The maximum Gasteiger partial charge on any atom is 0.339 e. The molecule has 0 bridgehead atoms. The molecule has 1 aliphatic heterocycles. The molecule has 0 radical (unpaired) electrons. The zero-order valence-corrected chi connectivity index (χ0v) is 19.9. The van der Waals surface area contributed by atoms with Crippen LogP contribution in [0.2, 0.25) is 0 Å². The summed E-state index contributed by atoms with van der Waals surface area (Å²) in [5, 5.41) is 0. The van der Waals surface area contributed by atoms with E-state index >= 15 is 0 Å². The molecule has 0 spiro atoms. The summed E-state index contributed by atoms with van der Waals surface area (Å²) in [5.74, 6) is 0.927. The predicted octanol–water partition coefficient (Wildman–Crippen LogP) is 2.85. The van der Waals surface area contributed by atoms with Crippen LogP contribution in [0.1, 0.15) is 47.3 Å². The highest BCUT2D eigenvalue weighted by Gasteiger charge is 2.35. The molecule has 2 aromatic heterocycles. The molecule has 4 rings (SSSR count). The second kappa shape index (κ2) is 7.84. The van der Waals surface area contributed by atoms with Crippen LogP contribution in [-0.2, 0) is 21.1 Å². The van der Waals surface area contributed by atoms with Crippen LogP contribution in [0.4, 0.5) is 5.95 Å². The van der Waals surface area contributed by atoms with Gasteiger partial charge in [-0.15, -0.1) is 0 Å². The number of carbonyl (C=O) groups is 1. The van der Waals surface area contributed by atoms with Gasteiger partial charge in [-0.25, -0.2) is 28.2 Å². The molecule has 0 saturated heterocycles. The van der Waals surface area contributed by atoms with Gasteiger partial charge in [0.1, 0.15) is 5.82 Å². The van der Waals surface area contributed by atoms with E-state index in [0.29, 0.717) is 30.1 Å². The lowest BCUT2D eigenvalue weighted by Gasteiger charge is -2.38. The lowest BCUT2D eigenvalue weighted by molar-refractivity contribution is 0.0596. The standard InChI is InChI=1S/C22H27N5O4S/c1-12(2)19-20-25-16-9-15(21(28)31-5)18(32(6,29)30)10-17(16)26(20)7-8-27(19)22-23-11-13(3)14(4)24-22/h9-12,19H,7-8H2,1-6H3/t19-/m1/s1. The number of nitrogens with zero attached hydrogens (tertiary/aromatic N) is 5. The molecule has 1 aromatic carbocycles. The highest BCUT2D eigenvalue weighted by molar-refractivity contribution is 7.90. The molecule has 1 atom stereocenters. The number of benzene rings is 1. The smallest absolute Gasteiger partial charge is 0.339 e. The molecule has 3 aromatic rings. The second-order valence-electron chi connectivity index (χ2n) is 8.54. The molecule has 0 fully saturated rings. The Bertz CT molecular complexity index is 1330. The van der Waals surface area contributed by atoms with Gasteiger partial charge >= 0.3 is 5.97 Å². The number of imidazole rings is 1. The van der Waals surface area contributed by atoms with Crippen molar-refractivity contribution in [3.63, 3.8) is 0 Å². The van der Waals surface area contributed by atoms with Gasteiger partial charge in [-0.1, -0.05) is 13.8 Å². The third-order valence-corrected chi connectivity index (χ3v) is 7.09. The van der Waals surface area contributed by atoms with E-state index < -0.39 is 15.8 Å². The summed E-state index contributed by atoms with van der Waals surface area (Å²) in [6.45, 7) is 9.39. The molecular weight excluding hydrogens is 430 g/mol. The van der Waals surface area contributed by atoms with Crippen molar-refractivity contribution in [3.05, 3.63) is 41.0 Å². The first-order valence-corrected chi connectivity index (χ1v) is 12.3. The first-order chi connectivity index (χ1) is 15.0. The summed E-state index contributed by atoms with van der Waals surface area (Å²) < 4.78 is 31.7. The fourth-order valence-corrected chi connectivity index (χ4v) is 5.10. The fourth-order valence-electron chi connectivity index (χ4n) is 4.23. The average Bonchev–Trinajstić information content (AvgIpc) is 3.10. The number of sulfone groups is 1. The largest absolute Gasteiger partial charge is 0.465 e. The Morgan fingerprint density at radius 3 is 2.50 bits per heavy atom. The normalized spacial score (nSPS) is 16.5. The Hall–Kier alpha value is -3.01. The third-order valence-electron chi connectivity index (χ3n) is 5.95. The molecule has 0 saturated carbocycles. The van der Waals surface area contributed by atoms with Crippen molar-refractivity contribution in [1.29, 1.82) is 0 Å². The van der Waals surface area contributed by atoms with Gasteiger partial charge in [0, 0.05) is 31.2 Å². The summed E-state index contributed by atoms with van der Waals surface area (Å²) in [6.07, 6.45) is 2.91. The number of esters is 1. The minimum atomic E-state index is -3.65. The number of fused-ring (bicyclic) bond motifs is 3. The van der Waals surface area contributed by atoms with Gasteiger partial charge in [-0.2, -0.15) is 0 Å². The number of hydrogen-bond donors (Lipinski definition) is 0. The molecule has 32 heavy (non-hydrogen) atoms. The van der Waals surface area contributed by atoms with Crippen molar-refractivity contribution >= 4 is 32.8 Å². The minimum absolute atomic E-state index is 0.00612. The quantitative estimate of drug-likeness (QED) is 0.551. The minimum Gasteiger partial charge on any atom is -0.465 e. The Balaban J connectivity index is 1.92. The summed E-state index contributed by atoms with van der Waals surface area (Å²) >= 11 is 0. The van der Waals surface area contributed by atoms with Crippen LogP contribution in [0.15, 0.2) is 23.2 Å². The Morgan fingerprint density at radius 1 is 1.19 bits per heavy atom. The van der Waals surface area contributed by atoms with E-state index in [-0.39, 0.29) is 22.4 Å². The molecule has 0 aliphatic carbocycles. The molecule has 1 aliphatic rings. The van der Waals surface area contributed by atoms with Gasteiger partial charge in [0.15, 0.2) is 9.84 Å². The Morgan fingerprint density at radius 2 is 1.91 bits per heavy atom. The fraction of sp³-hybridized carbons (Fsp3) is 0.455. The number of rotatable bonds is 4. The van der Waals surface area contributed by atoms with Crippen LogP contribution in [0.25, 0.3) is 11.0 Å². The Kier molecular flexibility index (Phi) is 5.44.